The third-order valence-electron chi connectivity index (χ3n) is 6.18. The van der Waals surface area contributed by atoms with Gasteiger partial charge in [-0.2, -0.15) is 13.2 Å². The fraction of sp³-hybridized carbons (Fsp3) is 0.304. The standard InChI is InChI=1S/C23H21F3N4O3/c1-12-17(21(31)28-15-8-5-9-16-14(15)10-11-33-16)22(32)30-20(27-12)18(13-6-3-2-4-7-13)19(29-30)23(24,25)26/h2-9,18-20,27,29H,10-11H2,1H3,(H,28,31). The van der Waals surface area contributed by atoms with E-state index in [1.54, 1.807) is 48.5 Å². The maximum atomic E-state index is 13.9. The molecular formula is C23H21F3N4O3. The molecule has 0 bridgehead atoms. The Morgan fingerprint density at radius 3 is 2.64 bits per heavy atom. The summed E-state index contributed by atoms with van der Waals surface area (Å²) in [6, 6.07) is 11.4. The van der Waals surface area contributed by atoms with Gasteiger partial charge in [0.25, 0.3) is 11.8 Å². The fourth-order valence-electron chi connectivity index (χ4n) is 4.69. The molecular weight excluding hydrogens is 437 g/mol. The number of benzene rings is 2. The topological polar surface area (TPSA) is 82.7 Å². The minimum Gasteiger partial charge on any atom is -0.493 e. The van der Waals surface area contributed by atoms with E-state index in [9.17, 15) is 22.8 Å². The summed E-state index contributed by atoms with van der Waals surface area (Å²) in [7, 11) is 0. The molecule has 0 aromatic heterocycles. The first-order chi connectivity index (χ1) is 15.8. The maximum absolute atomic E-state index is 13.9. The molecule has 10 heteroatoms. The third-order valence-corrected chi connectivity index (χ3v) is 6.18. The monoisotopic (exact) mass is 458 g/mol. The largest absolute Gasteiger partial charge is 0.493 e. The van der Waals surface area contributed by atoms with Crippen LogP contribution in [0.4, 0.5) is 18.9 Å². The SMILES string of the molecule is CC1=C(C(=O)Nc2cccc3c2CCO3)C(=O)N2NC(C(F)(F)F)C(c3ccccc3)C2N1. The van der Waals surface area contributed by atoms with E-state index in [1.807, 2.05) is 0 Å². The zero-order chi connectivity index (χ0) is 23.3. The van der Waals surface area contributed by atoms with Crippen LogP contribution < -0.4 is 20.8 Å². The van der Waals surface area contributed by atoms with E-state index in [2.05, 4.69) is 16.1 Å². The van der Waals surface area contributed by atoms with Gasteiger partial charge in [0.1, 0.15) is 23.5 Å². The molecule has 5 rings (SSSR count). The first kappa shape index (κ1) is 21.3. The number of nitrogens with one attached hydrogen (secondary N) is 3. The highest BCUT2D eigenvalue weighted by Gasteiger charge is 2.58. The van der Waals surface area contributed by atoms with Crippen LogP contribution in [0.1, 0.15) is 24.0 Å². The van der Waals surface area contributed by atoms with Crippen molar-refractivity contribution in [3.63, 3.8) is 0 Å². The van der Waals surface area contributed by atoms with E-state index in [1.165, 1.54) is 6.92 Å². The Morgan fingerprint density at radius 1 is 1.15 bits per heavy atom. The number of hydrogen-bond acceptors (Lipinski definition) is 5. The average molecular weight is 458 g/mol. The van der Waals surface area contributed by atoms with Crippen molar-refractivity contribution in [2.45, 2.75) is 37.6 Å². The summed E-state index contributed by atoms with van der Waals surface area (Å²) >= 11 is 0. The van der Waals surface area contributed by atoms with Crippen molar-refractivity contribution in [2.75, 3.05) is 11.9 Å². The Balaban J connectivity index is 1.46. The molecule has 0 radical (unpaired) electrons. The molecule has 3 aliphatic rings. The molecule has 0 saturated carbocycles. The second-order valence-corrected chi connectivity index (χ2v) is 8.18. The molecule has 33 heavy (non-hydrogen) atoms. The van der Waals surface area contributed by atoms with E-state index in [-0.39, 0.29) is 11.3 Å². The lowest BCUT2D eigenvalue weighted by Crippen LogP contribution is -2.56. The number of fused-ring (bicyclic) bond motifs is 2. The van der Waals surface area contributed by atoms with E-state index in [0.717, 1.165) is 10.6 Å². The molecule has 2 aromatic rings. The lowest BCUT2D eigenvalue weighted by atomic mass is 9.89. The number of nitrogens with zero attached hydrogens (tertiary/aromatic N) is 1. The highest BCUT2D eigenvalue weighted by atomic mass is 19.4. The average Bonchev–Trinajstić information content (AvgIpc) is 3.40. The van der Waals surface area contributed by atoms with Crippen LogP contribution in [0.25, 0.3) is 0 Å². The Morgan fingerprint density at radius 2 is 1.91 bits per heavy atom. The molecule has 172 valence electrons. The number of alkyl halides is 3. The molecule has 2 aromatic carbocycles. The van der Waals surface area contributed by atoms with Crippen LogP contribution in [0.5, 0.6) is 5.75 Å². The van der Waals surface area contributed by atoms with E-state index < -0.39 is 36.1 Å². The highest BCUT2D eigenvalue weighted by Crippen LogP contribution is 2.41. The van der Waals surface area contributed by atoms with E-state index in [4.69, 9.17) is 4.74 Å². The normalized spacial score (nSPS) is 24.2. The van der Waals surface area contributed by atoms with Gasteiger partial charge in [-0.25, -0.2) is 10.4 Å². The van der Waals surface area contributed by atoms with Crippen LogP contribution in [0.15, 0.2) is 59.8 Å². The van der Waals surface area contributed by atoms with Gasteiger partial charge in [0.2, 0.25) is 0 Å². The number of amides is 2. The molecule has 3 heterocycles. The van der Waals surface area contributed by atoms with Crippen molar-refractivity contribution >= 4 is 17.5 Å². The molecule has 1 saturated heterocycles. The molecule has 3 aliphatic heterocycles. The van der Waals surface area contributed by atoms with Crippen molar-refractivity contribution in [2.24, 2.45) is 0 Å². The second kappa shape index (κ2) is 7.80. The number of rotatable bonds is 3. The number of ether oxygens (including phenoxy) is 1. The van der Waals surface area contributed by atoms with Crippen molar-refractivity contribution in [1.82, 2.24) is 15.8 Å². The number of hydrazine groups is 1. The molecule has 2 amide bonds. The summed E-state index contributed by atoms with van der Waals surface area (Å²) in [5.41, 5.74) is 4.03. The van der Waals surface area contributed by atoms with Crippen LogP contribution in [0.3, 0.4) is 0 Å². The molecule has 0 spiro atoms. The minimum absolute atomic E-state index is 0.216. The van der Waals surface area contributed by atoms with E-state index >= 15 is 0 Å². The molecule has 7 nitrogen and oxygen atoms in total. The first-order valence-corrected chi connectivity index (χ1v) is 10.5. The van der Waals surface area contributed by atoms with Gasteiger partial charge in [0.05, 0.1) is 12.5 Å². The second-order valence-electron chi connectivity index (χ2n) is 8.18. The molecule has 1 fully saturated rings. The minimum atomic E-state index is -4.61. The number of allylic oxidation sites excluding steroid dienone is 1. The fourth-order valence-corrected chi connectivity index (χ4v) is 4.69. The summed E-state index contributed by atoms with van der Waals surface area (Å²) in [5.74, 6) is -1.95. The van der Waals surface area contributed by atoms with Crippen LogP contribution in [0.2, 0.25) is 0 Å². The predicted molar refractivity (Wildman–Crippen MR) is 113 cm³/mol. The van der Waals surface area contributed by atoms with Crippen LogP contribution in [-0.4, -0.2) is 41.8 Å². The van der Waals surface area contributed by atoms with E-state index in [0.29, 0.717) is 30.0 Å². The Hall–Kier alpha value is -3.53. The van der Waals surface area contributed by atoms with Gasteiger partial charge >= 0.3 is 6.18 Å². The third kappa shape index (κ3) is 3.60. The van der Waals surface area contributed by atoms with Gasteiger partial charge < -0.3 is 15.4 Å². The van der Waals surface area contributed by atoms with Gasteiger partial charge in [-0.1, -0.05) is 36.4 Å². The Labute approximate surface area is 187 Å². The summed E-state index contributed by atoms with van der Waals surface area (Å²) in [6.45, 7) is 2.01. The molecule has 3 unspecified atom stereocenters. The smallest absolute Gasteiger partial charge is 0.406 e. The quantitative estimate of drug-likeness (QED) is 0.617. The molecule has 3 atom stereocenters. The zero-order valence-corrected chi connectivity index (χ0v) is 17.6. The van der Waals surface area contributed by atoms with Gasteiger partial charge in [-0.05, 0) is 24.6 Å². The summed E-state index contributed by atoms with van der Waals surface area (Å²) in [5, 5.41) is 6.57. The van der Waals surface area contributed by atoms with Gasteiger partial charge in [-0.3, -0.25) is 9.59 Å². The van der Waals surface area contributed by atoms with Crippen molar-refractivity contribution in [3.8, 4) is 5.75 Å². The number of carbonyl (C=O) groups is 2. The number of hydrogen-bond donors (Lipinski definition) is 3. The molecule has 0 aliphatic carbocycles. The van der Waals surface area contributed by atoms with Crippen molar-refractivity contribution in [3.05, 3.63) is 70.9 Å². The number of halogens is 3. The Kier molecular flexibility index (Phi) is 5.04. The first-order valence-electron chi connectivity index (χ1n) is 10.5. The molecule has 3 N–H and O–H groups in total. The van der Waals surface area contributed by atoms with Gasteiger partial charge in [0.15, 0.2) is 0 Å². The summed E-state index contributed by atoms with van der Waals surface area (Å²) in [6.07, 6.45) is -5.00. The number of anilines is 1. The summed E-state index contributed by atoms with van der Waals surface area (Å²) in [4.78, 5) is 26.3. The highest BCUT2D eigenvalue weighted by molar-refractivity contribution is 6.23. The van der Waals surface area contributed by atoms with Crippen LogP contribution in [-0.2, 0) is 16.0 Å². The van der Waals surface area contributed by atoms with Crippen LogP contribution >= 0.6 is 0 Å². The maximum Gasteiger partial charge on any atom is 0.406 e. The lowest BCUT2D eigenvalue weighted by Gasteiger charge is -2.34. The number of carbonyl (C=O) groups excluding carboxylic acids is 2. The van der Waals surface area contributed by atoms with Crippen molar-refractivity contribution < 1.29 is 27.5 Å². The van der Waals surface area contributed by atoms with Crippen LogP contribution in [0, 0.1) is 0 Å². The van der Waals surface area contributed by atoms with Gasteiger partial charge in [-0.15, -0.1) is 0 Å². The Bertz CT molecular complexity index is 1150. The lowest BCUT2D eigenvalue weighted by molar-refractivity contribution is -0.161. The zero-order valence-electron chi connectivity index (χ0n) is 17.6. The summed E-state index contributed by atoms with van der Waals surface area (Å²) < 4.78 is 47.2. The predicted octanol–water partition coefficient (Wildman–Crippen LogP) is 2.82. The van der Waals surface area contributed by atoms with Crippen molar-refractivity contribution in [1.29, 1.82) is 0 Å². The van der Waals surface area contributed by atoms with Gasteiger partial charge in [0, 0.05) is 23.4 Å².